The van der Waals surface area contributed by atoms with Crippen molar-refractivity contribution in [1.82, 2.24) is 20.2 Å². The SMILES string of the molecule is NC(=O)c1ncc(N2CCCC(NC(=O)Nc3ccccc3)C2)nc1Nc1ccc(C2CCN(C3CCCC3)CC2)cc1. The number of hydrogen-bond acceptors (Lipinski definition) is 7. The molecule has 10 nitrogen and oxygen atoms in total. The van der Waals surface area contributed by atoms with E-state index in [0.29, 0.717) is 24.1 Å². The quantitative estimate of drug-likeness (QED) is 0.286. The third-order valence-electron chi connectivity index (χ3n) is 9.12. The second kappa shape index (κ2) is 13.4. The van der Waals surface area contributed by atoms with E-state index in [1.54, 1.807) is 6.20 Å². The van der Waals surface area contributed by atoms with Crippen LogP contribution in [0.4, 0.5) is 27.8 Å². The molecule has 10 heteroatoms. The first kappa shape index (κ1) is 28.9. The van der Waals surface area contributed by atoms with Gasteiger partial charge in [-0.25, -0.2) is 14.8 Å². The van der Waals surface area contributed by atoms with Crippen molar-refractivity contribution in [3.05, 3.63) is 72.1 Å². The van der Waals surface area contributed by atoms with Crippen LogP contribution >= 0.6 is 0 Å². The van der Waals surface area contributed by atoms with Gasteiger partial charge in [0.1, 0.15) is 5.82 Å². The summed E-state index contributed by atoms with van der Waals surface area (Å²) >= 11 is 0. The lowest BCUT2D eigenvalue weighted by Gasteiger charge is -2.36. The number of hydrogen-bond donors (Lipinski definition) is 4. The van der Waals surface area contributed by atoms with Gasteiger partial charge >= 0.3 is 6.03 Å². The van der Waals surface area contributed by atoms with Gasteiger partial charge in [-0.1, -0.05) is 43.2 Å². The second-order valence-corrected chi connectivity index (χ2v) is 12.0. The van der Waals surface area contributed by atoms with Crippen molar-refractivity contribution in [2.75, 3.05) is 41.7 Å². The minimum absolute atomic E-state index is 0.0518. The standard InChI is InChI=1S/C33H42N8O2/c34-31(42)30-32(36-26-14-12-23(13-15-26)24-16-19-40(20-17-24)28-10-4-5-11-28)39-29(21-35-30)41-18-6-9-27(22-41)38-33(43)37-25-7-2-1-3-8-25/h1-3,7-8,12-15,21,24,27-28H,4-6,9-11,16-20,22H2,(H2,34,42)(H,36,39)(H2,37,38,43). The molecular formula is C33H42N8O2. The molecule has 1 atom stereocenters. The van der Waals surface area contributed by atoms with Crippen LogP contribution in [0.3, 0.4) is 0 Å². The Morgan fingerprint density at radius 2 is 1.58 bits per heavy atom. The van der Waals surface area contributed by atoms with Crippen molar-refractivity contribution >= 4 is 34.9 Å². The van der Waals surface area contributed by atoms with Crippen molar-refractivity contribution in [2.24, 2.45) is 5.73 Å². The molecule has 6 rings (SSSR count). The van der Waals surface area contributed by atoms with Gasteiger partial charge in [-0.3, -0.25) is 4.79 Å². The normalized spacial score (nSPS) is 20.1. The maximum absolute atomic E-state index is 12.6. The molecule has 226 valence electrons. The van der Waals surface area contributed by atoms with Crippen molar-refractivity contribution in [1.29, 1.82) is 0 Å². The second-order valence-electron chi connectivity index (χ2n) is 12.0. The van der Waals surface area contributed by atoms with Gasteiger partial charge in [-0.15, -0.1) is 0 Å². The fourth-order valence-electron chi connectivity index (χ4n) is 6.82. The topological polar surface area (TPSA) is 129 Å². The van der Waals surface area contributed by atoms with E-state index in [4.69, 9.17) is 10.7 Å². The van der Waals surface area contributed by atoms with Gasteiger partial charge in [-0.05, 0) is 87.4 Å². The van der Waals surface area contributed by atoms with Crippen molar-refractivity contribution in [3.63, 3.8) is 0 Å². The molecule has 2 aliphatic heterocycles. The van der Waals surface area contributed by atoms with Crippen LogP contribution in [0.15, 0.2) is 60.8 Å². The van der Waals surface area contributed by atoms with Gasteiger partial charge in [0.2, 0.25) is 0 Å². The lowest BCUT2D eigenvalue weighted by Crippen LogP contribution is -2.49. The molecule has 3 amide bonds. The molecule has 43 heavy (non-hydrogen) atoms. The summed E-state index contributed by atoms with van der Waals surface area (Å²) in [6.45, 7) is 3.73. The molecule has 0 bridgehead atoms. The first-order chi connectivity index (χ1) is 21.0. The number of carbonyl (C=O) groups excluding carboxylic acids is 2. The maximum Gasteiger partial charge on any atom is 0.319 e. The number of urea groups is 1. The van der Waals surface area contributed by atoms with Crippen molar-refractivity contribution in [2.45, 2.75) is 69.4 Å². The molecule has 1 unspecified atom stereocenters. The number of aromatic nitrogens is 2. The van der Waals surface area contributed by atoms with E-state index in [0.717, 1.165) is 36.8 Å². The number of benzene rings is 2. The predicted octanol–water partition coefficient (Wildman–Crippen LogP) is 5.23. The van der Waals surface area contributed by atoms with Crippen LogP contribution in [0.5, 0.6) is 0 Å². The average Bonchev–Trinajstić information content (AvgIpc) is 3.57. The highest BCUT2D eigenvalue weighted by atomic mass is 16.2. The highest BCUT2D eigenvalue weighted by Crippen LogP contribution is 2.33. The number of rotatable bonds is 8. The van der Waals surface area contributed by atoms with E-state index in [1.807, 2.05) is 42.5 Å². The molecule has 3 heterocycles. The minimum Gasteiger partial charge on any atom is -0.364 e. The van der Waals surface area contributed by atoms with E-state index in [9.17, 15) is 9.59 Å². The molecular weight excluding hydrogens is 540 g/mol. The van der Waals surface area contributed by atoms with Gasteiger partial charge in [0.15, 0.2) is 11.5 Å². The number of nitrogens with one attached hydrogen (secondary N) is 3. The summed E-state index contributed by atoms with van der Waals surface area (Å²) in [4.78, 5) is 38.7. The van der Waals surface area contributed by atoms with Crippen LogP contribution in [0.2, 0.25) is 0 Å². The molecule has 3 aliphatic rings. The largest absolute Gasteiger partial charge is 0.364 e. The number of likely N-dealkylation sites (tertiary alicyclic amines) is 1. The molecule has 5 N–H and O–H groups in total. The Morgan fingerprint density at radius 3 is 2.30 bits per heavy atom. The average molecular weight is 583 g/mol. The zero-order valence-electron chi connectivity index (χ0n) is 24.7. The molecule has 2 saturated heterocycles. The third kappa shape index (κ3) is 7.25. The summed E-state index contributed by atoms with van der Waals surface area (Å²) in [5, 5.41) is 9.23. The summed E-state index contributed by atoms with van der Waals surface area (Å²) in [6.07, 6.45) is 11.2. The molecule has 0 spiro atoms. The smallest absolute Gasteiger partial charge is 0.319 e. The number of nitrogens with two attached hydrogens (primary N) is 1. The fourth-order valence-corrected chi connectivity index (χ4v) is 6.82. The van der Waals surface area contributed by atoms with Crippen LogP contribution in [-0.4, -0.2) is 65.1 Å². The van der Waals surface area contributed by atoms with E-state index < -0.39 is 5.91 Å². The van der Waals surface area contributed by atoms with Crippen molar-refractivity contribution < 1.29 is 9.59 Å². The number of piperidine rings is 2. The maximum atomic E-state index is 12.6. The Bertz CT molecular complexity index is 1390. The number of para-hydroxylation sites is 1. The van der Waals surface area contributed by atoms with Crippen LogP contribution in [-0.2, 0) is 0 Å². The number of nitrogens with zero attached hydrogens (tertiary/aromatic N) is 4. The van der Waals surface area contributed by atoms with E-state index >= 15 is 0 Å². The lowest BCUT2D eigenvalue weighted by atomic mass is 9.88. The fraction of sp³-hybridized carbons (Fsp3) is 0.455. The number of anilines is 4. The summed E-state index contributed by atoms with van der Waals surface area (Å²) in [7, 11) is 0. The minimum atomic E-state index is -0.636. The predicted molar refractivity (Wildman–Crippen MR) is 170 cm³/mol. The first-order valence-corrected chi connectivity index (χ1v) is 15.7. The van der Waals surface area contributed by atoms with Gasteiger partial charge in [-0.2, -0.15) is 0 Å². The summed E-state index contributed by atoms with van der Waals surface area (Å²) in [5.41, 5.74) is 8.69. The van der Waals surface area contributed by atoms with Gasteiger partial charge in [0.25, 0.3) is 5.91 Å². The van der Waals surface area contributed by atoms with E-state index in [-0.39, 0.29) is 17.8 Å². The molecule has 2 aromatic carbocycles. The Kier molecular flexibility index (Phi) is 9.02. The number of primary amides is 1. The first-order valence-electron chi connectivity index (χ1n) is 15.7. The molecule has 3 aromatic rings. The van der Waals surface area contributed by atoms with Gasteiger partial charge < -0.3 is 31.5 Å². The third-order valence-corrected chi connectivity index (χ3v) is 9.12. The Labute approximate surface area is 253 Å². The van der Waals surface area contributed by atoms with Crippen LogP contribution in [0.25, 0.3) is 0 Å². The van der Waals surface area contributed by atoms with Crippen LogP contribution in [0.1, 0.15) is 73.3 Å². The van der Waals surface area contributed by atoms with Crippen LogP contribution in [0, 0.1) is 0 Å². The van der Waals surface area contributed by atoms with Crippen molar-refractivity contribution in [3.8, 4) is 0 Å². The number of amides is 3. The number of carbonyl (C=O) groups is 2. The molecule has 1 aromatic heterocycles. The summed E-state index contributed by atoms with van der Waals surface area (Å²) in [6, 6.07) is 18.3. The van der Waals surface area contributed by atoms with Crippen LogP contribution < -0.4 is 26.6 Å². The van der Waals surface area contributed by atoms with Gasteiger partial charge in [0.05, 0.1) is 6.20 Å². The lowest BCUT2D eigenvalue weighted by molar-refractivity contribution is 0.0996. The molecule has 3 fully saturated rings. The van der Waals surface area contributed by atoms with E-state index in [2.05, 4.69) is 42.9 Å². The summed E-state index contributed by atoms with van der Waals surface area (Å²) in [5.74, 6) is 0.905. The monoisotopic (exact) mass is 582 g/mol. The molecule has 0 radical (unpaired) electrons. The Hall–Kier alpha value is -4.18. The zero-order chi connectivity index (χ0) is 29.6. The van der Waals surface area contributed by atoms with E-state index in [1.165, 1.54) is 57.2 Å². The Balaban J connectivity index is 1.08. The highest BCUT2D eigenvalue weighted by molar-refractivity contribution is 5.96. The Morgan fingerprint density at radius 1 is 0.837 bits per heavy atom. The summed E-state index contributed by atoms with van der Waals surface area (Å²) < 4.78 is 0. The molecule has 1 saturated carbocycles. The highest BCUT2D eigenvalue weighted by Gasteiger charge is 2.28. The van der Waals surface area contributed by atoms with Gasteiger partial charge in [0, 0.05) is 36.5 Å². The zero-order valence-corrected chi connectivity index (χ0v) is 24.7. The molecule has 1 aliphatic carbocycles.